The van der Waals surface area contributed by atoms with Gasteiger partial charge in [-0.3, -0.25) is 19.2 Å². The van der Waals surface area contributed by atoms with Gasteiger partial charge in [0.05, 0.1) is 10.9 Å². The van der Waals surface area contributed by atoms with Crippen LogP contribution in [0, 0.1) is 0 Å². The predicted molar refractivity (Wildman–Crippen MR) is 176 cm³/mol. The van der Waals surface area contributed by atoms with Crippen molar-refractivity contribution >= 4 is 20.1 Å². The van der Waals surface area contributed by atoms with Crippen LogP contribution in [0.2, 0.25) is 18.1 Å². The summed E-state index contributed by atoms with van der Waals surface area (Å²) in [6, 6.07) is 33.3. The molecule has 1 N–H and O–H groups in total. The maximum atomic E-state index is 13.1. The second-order valence-corrected chi connectivity index (χ2v) is 18.8. The van der Waals surface area contributed by atoms with E-state index in [0.29, 0.717) is 13.2 Å². The molecule has 3 aromatic carbocycles. The summed E-state index contributed by atoms with van der Waals surface area (Å²) in [7, 11) is -2.02. The zero-order valence-corrected chi connectivity index (χ0v) is 26.9. The van der Waals surface area contributed by atoms with Crippen LogP contribution in [0.5, 0.6) is 0 Å². The number of rotatable bonds is 8. The molecule has 0 amide bonds. The second kappa shape index (κ2) is 12.2. The van der Waals surface area contributed by atoms with Gasteiger partial charge in [0.1, 0.15) is 0 Å². The molecule has 5 rings (SSSR count). The summed E-state index contributed by atoms with van der Waals surface area (Å²) in [4.78, 5) is 30.1. The third-order valence-electron chi connectivity index (χ3n) is 8.80. The lowest BCUT2D eigenvalue weighted by Crippen LogP contribution is -2.56. The molecular formula is C34H41N3O3SSi. The van der Waals surface area contributed by atoms with Crippen LogP contribution in [0.4, 0.5) is 0 Å². The molecule has 0 bridgehead atoms. The maximum absolute atomic E-state index is 13.1. The molecule has 42 heavy (non-hydrogen) atoms. The fraction of sp³-hybridized carbons (Fsp3) is 0.353. The van der Waals surface area contributed by atoms with Crippen LogP contribution in [-0.2, 0) is 9.96 Å². The van der Waals surface area contributed by atoms with Gasteiger partial charge < -0.3 is 4.43 Å². The Morgan fingerprint density at radius 2 is 1.31 bits per heavy atom. The fourth-order valence-corrected chi connectivity index (χ4v) is 8.19. The van der Waals surface area contributed by atoms with Gasteiger partial charge in [-0.2, -0.15) is 0 Å². The van der Waals surface area contributed by atoms with Gasteiger partial charge in [-0.1, -0.05) is 112 Å². The molecule has 220 valence electrons. The summed E-state index contributed by atoms with van der Waals surface area (Å²) >= 11 is 1.76. The van der Waals surface area contributed by atoms with Gasteiger partial charge in [0.2, 0.25) is 0 Å². The zero-order valence-electron chi connectivity index (χ0n) is 25.1. The Hall–Kier alpha value is -3.17. The molecule has 4 aromatic rings. The quantitative estimate of drug-likeness (QED) is 0.186. The standard InChI is InChI=1S/C34H41N3O3SSi/c1-33(2,3)42(4,5)40-25-29-23-36(24-31(41-29)37-22-21-30(38)35-32(37)39)34(26-15-9-6-10-16-26,27-17-11-7-12-18-27)28-19-13-8-14-20-28/h6-22,29,31H,23-25H2,1-5H3,(H,35,38,39)/t29-,31+/m0/s1. The van der Waals surface area contributed by atoms with Crippen LogP contribution in [0.15, 0.2) is 113 Å². The van der Waals surface area contributed by atoms with Gasteiger partial charge in [-0.15, -0.1) is 11.8 Å². The van der Waals surface area contributed by atoms with E-state index < -0.39 is 19.5 Å². The van der Waals surface area contributed by atoms with E-state index >= 15 is 0 Å². The van der Waals surface area contributed by atoms with Crippen LogP contribution in [0.25, 0.3) is 0 Å². The SMILES string of the molecule is CC(C)(C)[Si](C)(C)OC[C@@H]1CN(C(c2ccccc2)(c2ccccc2)c2ccccc2)C[C@H](n2ccc(=O)[nH]c2=O)S1. The highest BCUT2D eigenvalue weighted by molar-refractivity contribution is 8.00. The number of thioether (sulfide) groups is 1. The minimum absolute atomic E-state index is 0.0865. The monoisotopic (exact) mass is 599 g/mol. The third kappa shape index (κ3) is 5.99. The summed E-state index contributed by atoms with van der Waals surface area (Å²) in [6.07, 6.45) is 1.63. The highest BCUT2D eigenvalue weighted by Crippen LogP contribution is 2.47. The summed E-state index contributed by atoms with van der Waals surface area (Å²) in [5.74, 6) is 0. The molecule has 8 heteroatoms. The van der Waals surface area contributed by atoms with Crippen LogP contribution < -0.4 is 11.2 Å². The Balaban J connectivity index is 1.68. The summed E-state index contributed by atoms with van der Waals surface area (Å²) < 4.78 is 8.46. The molecule has 1 aliphatic rings. The highest BCUT2D eigenvalue weighted by Gasteiger charge is 2.47. The fourth-order valence-electron chi connectivity index (χ4n) is 5.59. The molecule has 0 unspecified atom stereocenters. The Kier molecular flexibility index (Phi) is 8.80. The average Bonchev–Trinajstić information content (AvgIpc) is 2.98. The van der Waals surface area contributed by atoms with Crippen molar-refractivity contribution in [1.82, 2.24) is 14.5 Å². The first-order valence-electron chi connectivity index (χ1n) is 14.5. The smallest absolute Gasteiger partial charge is 0.329 e. The van der Waals surface area contributed by atoms with Crippen molar-refractivity contribution in [3.63, 3.8) is 0 Å². The first-order valence-corrected chi connectivity index (χ1v) is 18.4. The van der Waals surface area contributed by atoms with Crippen molar-refractivity contribution < 1.29 is 4.43 Å². The molecule has 2 atom stereocenters. The number of benzene rings is 3. The van der Waals surface area contributed by atoms with Gasteiger partial charge in [-0.25, -0.2) is 4.79 Å². The molecule has 0 saturated carbocycles. The summed E-state index contributed by atoms with van der Waals surface area (Å²) in [5, 5.41) is -0.0535. The molecule has 6 nitrogen and oxygen atoms in total. The first-order chi connectivity index (χ1) is 20.0. The third-order valence-corrected chi connectivity index (χ3v) is 14.7. The van der Waals surface area contributed by atoms with Gasteiger partial charge in [0.25, 0.3) is 5.56 Å². The number of hydrogen-bond acceptors (Lipinski definition) is 5. The van der Waals surface area contributed by atoms with Crippen molar-refractivity contribution in [2.45, 2.75) is 55.1 Å². The molecule has 0 aliphatic carbocycles. The van der Waals surface area contributed by atoms with E-state index in [1.165, 1.54) is 6.07 Å². The highest BCUT2D eigenvalue weighted by atomic mass is 32.2. The van der Waals surface area contributed by atoms with Crippen LogP contribution in [-0.4, -0.2) is 47.7 Å². The van der Waals surface area contributed by atoms with Crippen molar-refractivity contribution in [3.05, 3.63) is 141 Å². The van der Waals surface area contributed by atoms with Crippen LogP contribution in [0.1, 0.15) is 42.8 Å². The Morgan fingerprint density at radius 1 is 0.810 bits per heavy atom. The molecule has 0 spiro atoms. The van der Waals surface area contributed by atoms with Crippen molar-refractivity contribution in [3.8, 4) is 0 Å². The number of hydrogen-bond donors (Lipinski definition) is 1. The van der Waals surface area contributed by atoms with E-state index in [1.54, 1.807) is 22.5 Å². The van der Waals surface area contributed by atoms with E-state index in [2.05, 4.69) is 135 Å². The molecule has 1 aromatic heterocycles. The van der Waals surface area contributed by atoms with Crippen molar-refractivity contribution in [2.24, 2.45) is 0 Å². The van der Waals surface area contributed by atoms with E-state index in [-0.39, 0.29) is 21.2 Å². The van der Waals surface area contributed by atoms with E-state index in [9.17, 15) is 9.59 Å². The van der Waals surface area contributed by atoms with Gasteiger partial charge in [-0.05, 0) is 34.8 Å². The van der Waals surface area contributed by atoms with E-state index in [1.807, 2.05) is 0 Å². The molecule has 1 saturated heterocycles. The topological polar surface area (TPSA) is 67.3 Å². The van der Waals surface area contributed by atoms with Gasteiger partial charge in [0, 0.05) is 37.2 Å². The number of aromatic amines is 1. The first kappa shape index (κ1) is 30.3. The molecule has 0 radical (unpaired) electrons. The summed E-state index contributed by atoms with van der Waals surface area (Å²) in [6.45, 7) is 13.3. The minimum Gasteiger partial charge on any atom is -0.416 e. The lowest BCUT2D eigenvalue weighted by Gasteiger charge is -2.51. The maximum Gasteiger partial charge on any atom is 0.329 e. The minimum atomic E-state index is -2.02. The normalized spacial score (nSPS) is 18.6. The lowest BCUT2D eigenvalue weighted by atomic mass is 9.75. The van der Waals surface area contributed by atoms with Gasteiger partial charge in [0.15, 0.2) is 8.32 Å². The molecule has 2 heterocycles. The average molecular weight is 600 g/mol. The number of nitrogens with zero attached hydrogens (tertiary/aromatic N) is 2. The molecular weight excluding hydrogens is 559 g/mol. The molecule has 1 fully saturated rings. The van der Waals surface area contributed by atoms with Crippen LogP contribution in [0.3, 0.4) is 0 Å². The Morgan fingerprint density at radius 3 is 1.76 bits per heavy atom. The van der Waals surface area contributed by atoms with Crippen LogP contribution >= 0.6 is 11.8 Å². The van der Waals surface area contributed by atoms with Gasteiger partial charge >= 0.3 is 5.69 Å². The Bertz CT molecular complexity index is 1490. The Labute approximate surface area is 253 Å². The van der Waals surface area contributed by atoms with Crippen molar-refractivity contribution in [1.29, 1.82) is 0 Å². The number of aromatic nitrogens is 2. The van der Waals surface area contributed by atoms with E-state index in [0.717, 1.165) is 23.2 Å². The number of nitrogens with one attached hydrogen (secondary N) is 1. The lowest BCUT2D eigenvalue weighted by molar-refractivity contribution is 0.128. The zero-order chi connectivity index (χ0) is 30.0. The predicted octanol–water partition coefficient (Wildman–Crippen LogP) is 6.47. The summed E-state index contributed by atoms with van der Waals surface area (Å²) in [5.41, 5.74) is 2.07. The largest absolute Gasteiger partial charge is 0.416 e. The van der Waals surface area contributed by atoms with Crippen molar-refractivity contribution in [2.75, 3.05) is 19.7 Å². The molecule has 1 aliphatic heterocycles. The second-order valence-electron chi connectivity index (χ2n) is 12.5. The number of H-pyrrole nitrogens is 1. The van der Waals surface area contributed by atoms with E-state index in [4.69, 9.17) is 4.43 Å².